The molecule has 0 spiro atoms. The van der Waals surface area contributed by atoms with Crippen LogP contribution in [0.1, 0.15) is 11.1 Å². The Morgan fingerprint density at radius 3 is 2.10 bits per heavy atom. The highest BCUT2D eigenvalue weighted by Gasteiger charge is 2.06. The Hall–Kier alpha value is -2.87. The summed E-state index contributed by atoms with van der Waals surface area (Å²) in [7, 11) is 0. The first-order valence-corrected chi connectivity index (χ1v) is 6.76. The molecule has 1 aromatic heterocycles. The van der Waals surface area contributed by atoms with Gasteiger partial charge in [-0.15, -0.1) is 0 Å². The van der Waals surface area contributed by atoms with Gasteiger partial charge in [-0.2, -0.15) is 0 Å². The lowest BCUT2D eigenvalue weighted by Crippen LogP contribution is -1.98. The molecular weight excluding hydrogens is 260 g/mol. The molecule has 0 unspecified atom stereocenters. The van der Waals surface area contributed by atoms with E-state index in [1.807, 2.05) is 72.8 Å². The van der Waals surface area contributed by atoms with Crippen molar-refractivity contribution in [3.05, 3.63) is 94.3 Å². The zero-order chi connectivity index (χ0) is 14.5. The third-order valence-electron chi connectivity index (χ3n) is 3.15. The van der Waals surface area contributed by atoms with E-state index >= 15 is 0 Å². The fraction of sp³-hybridized carbons (Fsp3) is 0. The molecule has 3 aromatic rings. The third-order valence-corrected chi connectivity index (χ3v) is 3.15. The Labute approximate surface area is 123 Å². The Morgan fingerprint density at radius 2 is 1.38 bits per heavy atom. The highest BCUT2D eigenvalue weighted by molar-refractivity contribution is 5.77. The molecule has 0 saturated heterocycles. The van der Waals surface area contributed by atoms with Crippen LogP contribution in [-0.4, -0.2) is 0 Å². The smallest absolute Gasteiger partial charge is 0.336 e. The van der Waals surface area contributed by atoms with Crippen molar-refractivity contribution in [1.29, 1.82) is 0 Å². The van der Waals surface area contributed by atoms with Crippen molar-refractivity contribution >= 4 is 12.2 Å². The molecule has 2 heteroatoms. The van der Waals surface area contributed by atoms with Crippen molar-refractivity contribution in [2.45, 2.75) is 0 Å². The van der Waals surface area contributed by atoms with E-state index in [1.165, 1.54) is 6.07 Å². The molecule has 2 aromatic carbocycles. The summed E-state index contributed by atoms with van der Waals surface area (Å²) in [6.07, 6.45) is 3.96. The maximum Gasteiger partial charge on any atom is 0.336 e. The van der Waals surface area contributed by atoms with E-state index in [0.29, 0.717) is 5.76 Å². The number of hydrogen-bond acceptors (Lipinski definition) is 2. The standard InChI is InChI=1S/C19H14O2/c20-18-14-13-17(12-11-15-7-3-1-4-8-15)19(21-18)16-9-5-2-6-10-16/h1-14H/b12-11+. The van der Waals surface area contributed by atoms with Crippen molar-refractivity contribution in [1.82, 2.24) is 0 Å². The van der Waals surface area contributed by atoms with Gasteiger partial charge in [0.25, 0.3) is 0 Å². The first-order chi connectivity index (χ1) is 10.3. The predicted octanol–water partition coefficient (Wildman–Crippen LogP) is 4.48. The maximum atomic E-state index is 11.5. The molecular formula is C19H14O2. The van der Waals surface area contributed by atoms with Gasteiger partial charge in [0.1, 0.15) is 5.76 Å². The van der Waals surface area contributed by atoms with Gasteiger partial charge < -0.3 is 4.42 Å². The number of benzene rings is 2. The molecule has 0 fully saturated rings. The molecule has 0 saturated carbocycles. The normalized spacial score (nSPS) is 10.9. The lowest BCUT2D eigenvalue weighted by atomic mass is 10.1. The first kappa shape index (κ1) is 13.1. The van der Waals surface area contributed by atoms with Crippen molar-refractivity contribution in [3.8, 4) is 11.3 Å². The van der Waals surface area contributed by atoms with Crippen LogP contribution >= 0.6 is 0 Å². The van der Waals surface area contributed by atoms with Crippen molar-refractivity contribution < 1.29 is 4.42 Å². The second kappa shape index (κ2) is 6.06. The zero-order valence-corrected chi connectivity index (χ0v) is 11.4. The fourth-order valence-electron chi connectivity index (χ4n) is 2.12. The Kier molecular flexibility index (Phi) is 3.79. The van der Waals surface area contributed by atoms with Crippen LogP contribution in [0.5, 0.6) is 0 Å². The highest BCUT2D eigenvalue weighted by atomic mass is 16.4. The van der Waals surface area contributed by atoms with Gasteiger partial charge in [-0.3, -0.25) is 0 Å². The van der Waals surface area contributed by atoms with Gasteiger partial charge >= 0.3 is 5.63 Å². The SMILES string of the molecule is O=c1ccc(/C=C/c2ccccc2)c(-c2ccccc2)o1. The van der Waals surface area contributed by atoms with E-state index < -0.39 is 0 Å². The van der Waals surface area contributed by atoms with E-state index in [2.05, 4.69) is 0 Å². The Morgan fingerprint density at radius 1 is 0.714 bits per heavy atom. The Balaban J connectivity index is 2.03. The first-order valence-electron chi connectivity index (χ1n) is 6.76. The van der Waals surface area contributed by atoms with Crippen molar-refractivity contribution in [2.24, 2.45) is 0 Å². The fourth-order valence-corrected chi connectivity index (χ4v) is 2.12. The molecule has 21 heavy (non-hydrogen) atoms. The second-order valence-electron chi connectivity index (χ2n) is 4.65. The van der Waals surface area contributed by atoms with Crippen LogP contribution < -0.4 is 5.63 Å². The van der Waals surface area contributed by atoms with E-state index in [9.17, 15) is 4.79 Å². The summed E-state index contributed by atoms with van der Waals surface area (Å²) in [5.41, 5.74) is 2.53. The van der Waals surface area contributed by atoms with Gasteiger partial charge in [0.15, 0.2) is 0 Å². The molecule has 0 aliphatic rings. The zero-order valence-electron chi connectivity index (χ0n) is 11.4. The monoisotopic (exact) mass is 274 g/mol. The van der Waals surface area contributed by atoms with Crippen molar-refractivity contribution in [3.63, 3.8) is 0 Å². The van der Waals surface area contributed by atoms with Gasteiger partial charge in [0.2, 0.25) is 0 Å². The summed E-state index contributed by atoms with van der Waals surface area (Å²) >= 11 is 0. The highest BCUT2D eigenvalue weighted by Crippen LogP contribution is 2.23. The summed E-state index contributed by atoms with van der Waals surface area (Å²) in [4.78, 5) is 11.5. The topological polar surface area (TPSA) is 30.2 Å². The molecule has 0 aliphatic carbocycles. The van der Waals surface area contributed by atoms with Crippen LogP contribution in [0.3, 0.4) is 0 Å². The molecule has 0 bridgehead atoms. The molecule has 0 aliphatic heterocycles. The summed E-state index contributed by atoms with van der Waals surface area (Å²) in [5, 5.41) is 0. The molecule has 0 N–H and O–H groups in total. The van der Waals surface area contributed by atoms with Gasteiger partial charge in [-0.25, -0.2) is 4.79 Å². The number of rotatable bonds is 3. The van der Waals surface area contributed by atoms with Gasteiger partial charge in [-0.05, 0) is 11.6 Å². The van der Waals surface area contributed by atoms with E-state index in [4.69, 9.17) is 4.42 Å². The molecule has 3 rings (SSSR count). The summed E-state index contributed by atoms with van der Waals surface area (Å²) < 4.78 is 5.38. The predicted molar refractivity (Wildman–Crippen MR) is 85.8 cm³/mol. The van der Waals surface area contributed by atoms with Crippen LogP contribution in [0.4, 0.5) is 0 Å². The van der Waals surface area contributed by atoms with Crippen molar-refractivity contribution in [2.75, 3.05) is 0 Å². The molecule has 0 atom stereocenters. The minimum Gasteiger partial charge on any atom is -0.422 e. The van der Waals surface area contributed by atoms with Crippen LogP contribution in [0.2, 0.25) is 0 Å². The lowest BCUT2D eigenvalue weighted by molar-refractivity contribution is 0.525. The molecule has 1 heterocycles. The van der Waals surface area contributed by atoms with Gasteiger partial charge in [-0.1, -0.05) is 72.8 Å². The molecule has 2 nitrogen and oxygen atoms in total. The minimum absolute atomic E-state index is 0.342. The van der Waals surface area contributed by atoms with E-state index in [-0.39, 0.29) is 5.63 Å². The molecule has 102 valence electrons. The molecule has 0 amide bonds. The largest absolute Gasteiger partial charge is 0.422 e. The van der Waals surface area contributed by atoms with E-state index in [1.54, 1.807) is 6.07 Å². The van der Waals surface area contributed by atoms with Crippen LogP contribution in [-0.2, 0) is 0 Å². The summed E-state index contributed by atoms with van der Waals surface area (Å²) in [6.45, 7) is 0. The average Bonchev–Trinajstić information content (AvgIpc) is 2.55. The van der Waals surface area contributed by atoms with E-state index in [0.717, 1.165) is 16.7 Å². The average molecular weight is 274 g/mol. The Bertz CT molecular complexity index is 800. The van der Waals surface area contributed by atoms with Gasteiger partial charge in [0, 0.05) is 17.2 Å². The molecule has 0 radical (unpaired) electrons. The van der Waals surface area contributed by atoms with Crippen LogP contribution in [0, 0.1) is 0 Å². The number of hydrogen-bond donors (Lipinski definition) is 0. The summed E-state index contributed by atoms with van der Waals surface area (Å²) in [5.74, 6) is 0.593. The third kappa shape index (κ3) is 3.18. The minimum atomic E-state index is -0.342. The van der Waals surface area contributed by atoms with Gasteiger partial charge in [0.05, 0.1) is 0 Å². The van der Waals surface area contributed by atoms with Crippen LogP contribution in [0.15, 0.2) is 82.0 Å². The summed E-state index contributed by atoms with van der Waals surface area (Å²) in [6, 6.07) is 22.9. The second-order valence-corrected chi connectivity index (χ2v) is 4.65. The lowest BCUT2D eigenvalue weighted by Gasteiger charge is -2.04. The van der Waals surface area contributed by atoms with Crippen LogP contribution in [0.25, 0.3) is 23.5 Å². The maximum absolute atomic E-state index is 11.5. The quantitative estimate of drug-likeness (QED) is 0.705.